The standard InChI is InChI=1S/C25H46ClN7/c1-15(17-11-22(3,4)32-23(5,6)12-17)27-20-29-19(26)30-21(31-20)28-16(2)18-13-24(7,8)33-25(9,10)14-18/h15-18,32-33H,11-14H2,1-10H3,(H2,27,28,29,30,31). The zero-order valence-corrected chi connectivity index (χ0v) is 23.1. The van der Waals surface area contributed by atoms with E-state index >= 15 is 0 Å². The number of piperidine rings is 2. The minimum absolute atomic E-state index is 0.0949. The summed E-state index contributed by atoms with van der Waals surface area (Å²) in [6, 6.07) is 0.445. The molecule has 188 valence electrons. The third-order valence-corrected chi connectivity index (χ3v) is 7.35. The van der Waals surface area contributed by atoms with Gasteiger partial charge in [0.1, 0.15) is 0 Å². The largest absolute Gasteiger partial charge is 0.351 e. The number of anilines is 2. The highest BCUT2D eigenvalue weighted by atomic mass is 35.5. The van der Waals surface area contributed by atoms with Crippen molar-refractivity contribution in [3.8, 4) is 0 Å². The van der Waals surface area contributed by atoms with Crippen molar-refractivity contribution in [3.63, 3.8) is 0 Å². The lowest BCUT2D eigenvalue weighted by molar-refractivity contribution is 0.120. The van der Waals surface area contributed by atoms with Crippen LogP contribution in [0.5, 0.6) is 0 Å². The van der Waals surface area contributed by atoms with Crippen LogP contribution in [0.1, 0.15) is 94.9 Å². The molecule has 2 aliphatic rings. The van der Waals surface area contributed by atoms with Gasteiger partial charge in [-0.2, -0.15) is 15.0 Å². The molecule has 1 aromatic heterocycles. The molecule has 2 saturated heterocycles. The van der Waals surface area contributed by atoms with Crippen LogP contribution in [0.3, 0.4) is 0 Å². The minimum Gasteiger partial charge on any atom is -0.351 e. The average molecular weight is 480 g/mol. The van der Waals surface area contributed by atoms with Crippen LogP contribution in [0.2, 0.25) is 5.28 Å². The van der Waals surface area contributed by atoms with Crippen LogP contribution in [0.15, 0.2) is 0 Å². The highest BCUT2D eigenvalue weighted by Gasteiger charge is 2.41. The van der Waals surface area contributed by atoms with Gasteiger partial charge in [0.2, 0.25) is 17.2 Å². The first kappa shape index (κ1) is 26.4. The van der Waals surface area contributed by atoms with Gasteiger partial charge >= 0.3 is 0 Å². The molecule has 2 unspecified atom stereocenters. The summed E-state index contributed by atoms with van der Waals surface area (Å²) < 4.78 is 0. The number of hydrogen-bond acceptors (Lipinski definition) is 7. The zero-order valence-electron chi connectivity index (χ0n) is 22.4. The van der Waals surface area contributed by atoms with Gasteiger partial charge in [0.05, 0.1) is 0 Å². The Morgan fingerprint density at radius 2 is 0.970 bits per heavy atom. The van der Waals surface area contributed by atoms with Crippen LogP contribution >= 0.6 is 11.6 Å². The predicted octanol–water partition coefficient (Wildman–Crippen LogP) is 5.24. The Kier molecular flexibility index (Phi) is 7.30. The van der Waals surface area contributed by atoms with Crippen LogP contribution in [-0.4, -0.2) is 49.2 Å². The molecule has 0 aromatic carbocycles. The number of hydrogen-bond donors (Lipinski definition) is 4. The smallest absolute Gasteiger partial charge is 0.229 e. The minimum atomic E-state index is 0.0949. The molecule has 2 aliphatic heterocycles. The summed E-state index contributed by atoms with van der Waals surface area (Å²) >= 11 is 6.31. The van der Waals surface area contributed by atoms with Crippen molar-refractivity contribution in [2.75, 3.05) is 10.6 Å². The van der Waals surface area contributed by atoms with E-state index in [0.29, 0.717) is 23.7 Å². The number of nitrogens with one attached hydrogen (secondary N) is 4. The normalized spacial score (nSPS) is 26.4. The molecule has 4 N–H and O–H groups in total. The van der Waals surface area contributed by atoms with Gasteiger partial charge in [-0.15, -0.1) is 0 Å². The van der Waals surface area contributed by atoms with E-state index in [4.69, 9.17) is 11.6 Å². The fourth-order valence-corrected chi connectivity index (χ4v) is 6.79. The Morgan fingerprint density at radius 3 is 1.27 bits per heavy atom. The molecule has 0 saturated carbocycles. The fraction of sp³-hybridized carbons (Fsp3) is 0.880. The summed E-state index contributed by atoms with van der Waals surface area (Å²) in [4.78, 5) is 13.4. The summed E-state index contributed by atoms with van der Waals surface area (Å²) in [6.45, 7) is 22.7. The van der Waals surface area contributed by atoms with Crippen molar-refractivity contribution in [1.29, 1.82) is 0 Å². The Morgan fingerprint density at radius 1 is 0.667 bits per heavy atom. The maximum Gasteiger partial charge on any atom is 0.229 e. The number of halogens is 1. The number of aromatic nitrogens is 3. The van der Waals surface area contributed by atoms with E-state index in [1.54, 1.807) is 0 Å². The Hall–Kier alpha value is -1.18. The van der Waals surface area contributed by atoms with Gasteiger partial charge in [-0.3, -0.25) is 0 Å². The van der Waals surface area contributed by atoms with Gasteiger partial charge in [0.15, 0.2) is 0 Å². The molecular formula is C25H46ClN7. The Balaban J connectivity index is 1.69. The van der Waals surface area contributed by atoms with E-state index in [1.807, 2.05) is 0 Å². The lowest BCUT2D eigenvalue weighted by atomic mass is 9.73. The number of nitrogens with zero attached hydrogens (tertiary/aromatic N) is 3. The lowest BCUT2D eigenvalue weighted by Gasteiger charge is -2.48. The summed E-state index contributed by atoms with van der Waals surface area (Å²) in [6.07, 6.45) is 4.36. The summed E-state index contributed by atoms with van der Waals surface area (Å²) in [5.41, 5.74) is 0.380. The quantitative estimate of drug-likeness (QED) is 0.443. The van der Waals surface area contributed by atoms with Crippen molar-refractivity contribution in [2.45, 2.75) is 129 Å². The van der Waals surface area contributed by atoms with E-state index in [-0.39, 0.29) is 39.5 Å². The Bertz CT molecular complexity index is 740. The molecule has 0 radical (unpaired) electrons. The van der Waals surface area contributed by atoms with Gasteiger partial charge in [-0.1, -0.05) is 0 Å². The number of rotatable bonds is 6. The van der Waals surface area contributed by atoms with Gasteiger partial charge in [0, 0.05) is 34.2 Å². The molecule has 7 nitrogen and oxygen atoms in total. The van der Waals surface area contributed by atoms with E-state index in [0.717, 1.165) is 25.7 Å². The lowest BCUT2D eigenvalue weighted by Crippen LogP contribution is -2.59. The first-order valence-electron chi connectivity index (χ1n) is 12.5. The topological polar surface area (TPSA) is 86.8 Å². The summed E-state index contributed by atoms with van der Waals surface area (Å²) in [7, 11) is 0. The summed E-state index contributed by atoms with van der Waals surface area (Å²) in [5.74, 6) is 2.08. The van der Waals surface area contributed by atoms with Gasteiger partial charge in [-0.25, -0.2) is 0 Å². The highest BCUT2D eigenvalue weighted by molar-refractivity contribution is 6.28. The molecule has 0 amide bonds. The van der Waals surface area contributed by atoms with Crippen LogP contribution in [-0.2, 0) is 0 Å². The van der Waals surface area contributed by atoms with E-state index in [9.17, 15) is 0 Å². The predicted molar refractivity (Wildman–Crippen MR) is 139 cm³/mol. The van der Waals surface area contributed by atoms with Crippen molar-refractivity contribution >= 4 is 23.5 Å². The molecule has 0 spiro atoms. The molecule has 0 aliphatic carbocycles. The molecule has 8 heteroatoms. The van der Waals surface area contributed by atoms with E-state index in [1.165, 1.54) is 0 Å². The highest BCUT2D eigenvalue weighted by Crippen LogP contribution is 2.36. The van der Waals surface area contributed by atoms with Crippen LogP contribution in [0.25, 0.3) is 0 Å². The molecule has 2 atom stereocenters. The van der Waals surface area contributed by atoms with Gasteiger partial charge in [-0.05, 0) is 118 Å². The first-order valence-corrected chi connectivity index (χ1v) is 12.9. The Labute approximate surface area is 206 Å². The van der Waals surface area contributed by atoms with Gasteiger partial charge < -0.3 is 21.3 Å². The molecule has 1 aromatic rings. The van der Waals surface area contributed by atoms with Crippen molar-refractivity contribution in [1.82, 2.24) is 25.6 Å². The molecule has 3 rings (SSSR count). The SMILES string of the molecule is CC(Nc1nc(Cl)nc(NC(C)C2CC(C)(C)NC(C)(C)C2)n1)C1CC(C)(C)NC(C)(C)C1. The van der Waals surface area contributed by atoms with Crippen LogP contribution in [0, 0.1) is 11.8 Å². The first-order chi connectivity index (χ1) is 14.9. The van der Waals surface area contributed by atoms with Crippen LogP contribution in [0.4, 0.5) is 11.9 Å². The molecule has 3 heterocycles. The fourth-order valence-electron chi connectivity index (χ4n) is 6.63. The third-order valence-electron chi connectivity index (χ3n) is 7.18. The summed E-state index contributed by atoms with van der Waals surface area (Å²) in [5, 5.41) is 14.8. The van der Waals surface area contributed by atoms with Crippen LogP contribution < -0.4 is 21.3 Å². The molecular weight excluding hydrogens is 434 g/mol. The second kappa shape index (κ2) is 9.12. The zero-order chi connectivity index (χ0) is 24.8. The van der Waals surface area contributed by atoms with Crippen molar-refractivity contribution < 1.29 is 0 Å². The monoisotopic (exact) mass is 479 g/mol. The van der Waals surface area contributed by atoms with E-state index in [2.05, 4.69) is 105 Å². The molecule has 2 fully saturated rings. The average Bonchev–Trinajstić information content (AvgIpc) is 2.55. The molecule has 33 heavy (non-hydrogen) atoms. The second-order valence-electron chi connectivity index (χ2n) is 13.2. The second-order valence-corrected chi connectivity index (χ2v) is 13.6. The molecule has 0 bridgehead atoms. The van der Waals surface area contributed by atoms with Gasteiger partial charge in [0.25, 0.3) is 0 Å². The maximum atomic E-state index is 6.31. The van der Waals surface area contributed by atoms with Crippen molar-refractivity contribution in [3.05, 3.63) is 5.28 Å². The third kappa shape index (κ3) is 7.40. The maximum absolute atomic E-state index is 6.31. The van der Waals surface area contributed by atoms with Crippen molar-refractivity contribution in [2.24, 2.45) is 11.8 Å². The van der Waals surface area contributed by atoms with E-state index < -0.39 is 0 Å².